The number of benzene rings is 1. The largest absolute Gasteiger partial charge is 0.489 e. The molecule has 0 atom stereocenters. The van der Waals surface area contributed by atoms with E-state index in [4.69, 9.17) is 4.74 Å². The van der Waals surface area contributed by atoms with Gasteiger partial charge in [0.05, 0.1) is 24.2 Å². The molecular formula is C22H25FN6O3S2. The number of hydrogen-bond donors (Lipinski definition) is 1. The summed E-state index contributed by atoms with van der Waals surface area (Å²) >= 11 is 2.50. The van der Waals surface area contributed by atoms with E-state index in [1.54, 1.807) is 18.3 Å². The Kier molecular flexibility index (Phi) is 8.12. The molecule has 12 heteroatoms. The highest BCUT2D eigenvalue weighted by Crippen LogP contribution is 2.27. The van der Waals surface area contributed by atoms with Gasteiger partial charge in [0.1, 0.15) is 5.82 Å². The zero-order valence-corrected chi connectivity index (χ0v) is 20.3. The summed E-state index contributed by atoms with van der Waals surface area (Å²) in [6.45, 7) is 3.99. The topological polar surface area (TPSA) is 102 Å². The molecule has 0 saturated carbocycles. The first-order chi connectivity index (χ1) is 16.5. The van der Waals surface area contributed by atoms with E-state index in [0.29, 0.717) is 33.3 Å². The highest BCUT2D eigenvalue weighted by molar-refractivity contribution is 8.01. The lowest BCUT2D eigenvalue weighted by molar-refractivity contribution is -0.129. The predicted octanol–water partition coefficient (Wildman–Crippen LogP) is 4.01. The minimum atomic E-state index is -0.496. The Morgan fingerprint density at radius 2 is 1.94 bits per heavy atom. The number of thioether (sulfide) groups is 1. The lowest BCUT2D eigenvalue weighted by Gasteiger charge is -2.26. The number of hydrogen-bond acceptors (Lipinski definition) is 8. The van der Waals surface area contributed by atoms with Crippen LogP contribution >= 0.6 is 23.1 Å². The second-order valence-corrected chi connectivity index (χ2v) is 9.87. The van der Waals surface area contributed by atoms with E-state index in [9.17, 15) is 14.0 Å². The molecule has 9 nitrogen and oxygen atoms in total. The van der Waals surface area contributed by atoms with Gasteiger partial charge in [-0.25, -0.2) is 9.07 Å². The van der Waals surface area contributed by atoms with Crippen LogP contribution < -0.4 is 10.1 Å². The molecule has 1 saturated heterocycles. The molecule has 1 N–H and O–H groups in total. The van der Waals surface area contributed by atoms with Gasteiger partial charge in [0, 0.05) is 13.1 Å². The summed E-state index contributed by atoms with van der Waals surface area (Å²) in [7, 11) is 0. The van der Waals surface area contributed by atoms with Crippen LogP contribution in [0.4, 0.5) is 9.52 Å². The van der Waals surface area contributed by atoms with Gasteiger partial charge in [-0.1, -0.05) is 30.0 Å². The monoisotopic (exact) mass is 504 g/mol. The van der Waals surface area contributed by atoms with E-state index >= 15 is 0 Å². The summed E-state index contributed by atoms with van der Waals surface area (Å²) in [4.78, 5) is 27.2. The van der Waals surface area contributed by atoms with Crippen LogP contribution in [0.3, 0.4) is 0 Å². The lowest BCUT2D eigenvalue weighted by atomic mass is 10.1. The molecule has 1 aliphatic rings. The maximum absolute atomic E-state index is 13.3. The maximum Gasteiger partial charge on any atom is 0.281 e. The van der Waals surface area contributed by atoms with Crippen LogP contribution in [0, 0.1) is 5.82 Å². The molecule has 1 aliphatic heterocycles. The van der Waals surface area contributed by atoms with Gasteiger partial charge < -0.3 is 9.64 Å². The summed E-state index contributed by atoms with van der Waals surface area (Å²) < 4.78 is 21.0. The Morgan fingerprint density at radius 1 is 1.18 bits per heavy atom. The third kappa shape index (κ3) is 6.11. The van der Waals surface area contributed by atoms with Crippen molar-refractivity contribution in [1.82, 2.24) is 24.9 Å². The number of piperidine rings is 1. The molecule has 0 aliphatic carbocycles. The van der Waals surface area contributed by atoms with Gasteiger partial charge in [0.25, 0.3) is 5.91 Å². The van der Waals surface area contributed by atoms with Crippen LogP contribution in [0.15, 0.2) is 34.8 Å². The molecule has 0 radical (unpaired) electrons. The molecule has 3 aromatic rings. The summed E-state index contributed by atoms with van der Waals surface area (Å²) in [5.74, 6) is -0.160. The van der Waals surface area contributed by atoms with Crippen molar-refractivity contribution in [2.45, 2.75) is 36.9 Å². The number of carbonyl (C=O) groups is 2. The van der Waals surface area contributed by atoms with Gasteiger partial charge in [-0.3, -0.25) is 14.9 Å². The number of rotatable bonds is 9. The number of anilines is 1. The quantitative estimate of drug-likeness (QED) is 0.347. The molecule has 34 heavy (non-hydrogen) atoms. The first kappa shape index (κ1) is 24.1. The number of nitrogens with zero attached hydrogens (tertiary/aromatic N) is 5. The van der Waals surface area contributed by atoms with Gasteiger partial charge in [-0.05, 0) is 49.9 Å². The third-order valence-electron chi connectivity index (χ3n) is 5.10. The number of amides is 2. The Morgan fingerprint density at radius 3 is 2.68 bits per heavy atom. The van der Waals surface area contributed by atoms with E-state index in [2.05, 4.69) is 20.6 Å². The van der Waals surface area contributed by atoms with Crippen LogP contribution in [0.5, 0.6) is 5.75 Å². The maximum atomic E-state index is 13.3. The molecule has 3 heterocycles. The molecule has 180 valence electrons. The SMILES string of the molecule is CCCOc1cn(-c2ccc(F)cc2)nc1C(=O)Nc1nnc(SCC(=O)N2CCCCC2)s1. The fraction of sp³-hybridized carbons (Fsp3) is 0.409. The highest BCUT2D eigenvalue weighted by Gasteiger charge is 2.22. The fourth-order valence-corrected chi connectivity index (χ4v) is 5.04. The number of ether oxygens (including phenoxy) is 1. The minimum Gasteiger partial charge on any atom is -0.489 e. The Balaban J connectivity index is 1.41. The van der Waals surface area contributed by atoms with Crippen molar-refractivity contribution in [3.8, 4) is 11.4 Å². The lowest BCUT2D eigenvalue weighted by Crippen LogP contribution is -2.36. The van der Waals surface area contributed by atoms with Crippen LogP contribution in [0.2, 0.25) is 0 Å². The van der Waals surface area contributed by atoms with E-state index in [-0.39, 0.29) is 17.4 Å². The van der Waals surface area contributed by atoms with E-state index in [1.807, 2.05) is 11.8 Å². The summed E-state index contributed by atoms with van der Waals surface area (Å²) in [5.41, 5.74) is 0.678. The molecule has 1 aromatic carbocycles. The van der Waals surface area contributed by atoms with E-state index in [0.717, 1.165) is 32.4 Å². The second kappa shape index (κ2) is 11.4. The molecule has 4 rings (SSSR count). The Bertz CT molecular complexity index is 1130. The zero-order valence-electron chi connectivity index (χ0n) is 18.7. The van der Waals surface area contributed by atoms with Crippen molar-refractivity contribution in [3.05, 3.63) is 42.0 Å². The summed E-state index contributed by atoms with van der Waals surface area (Å²) in [6, 6.07) is 5.76. The number of carbonyl (C=O) groups excluding carboxylic acids is 2. The number of likely N-dealkylation sites (tertiary alicyclic amines) is 1. The summed E-state index contributed by atoms with van der Waals surface area (Å²) in [6.07, 6.45) is 5.61. The highest BCUT2D eigenvalue weighted by atomic mass is 32.2. The standard InChI is InChI=1S/C22H25FN6O3S2/c1-2-12-32-17-13-29(16-8-6-15(23)7-9-16)27-19(17)20(31)24-21-25-26-22(34-21)33-14-18(30)28-10-4-3-5-11-28/h6-9,13H,2-5,10-12,14H2,1H3,(H,24,25,31). The zero-order chi connectivity index (χ0) is 23.9. The van der Waals surface area contributed by atoms with Crippen LogP contribution in [0.1, 0.15) is 43.1 Å². The number of nitrogens with one attached hydrogen (secondary N) is 1. The summed E-state index contributed by atoms with van der Waals surface area (Å²) in [5, 5.41) is 15.4. The predicted molar refractivity (Wildman–Crippen MR) is 128 cm³/mol. The van der Waals surface area contributed by atoms with E-state index in [1.165, 1.54) is 46.3 Å². The molecule has 1 fully saturated rings. The fourth-order valence-electron chi connectivity index (χ4n) is 3.39. The molecule has 0 spiro atoms. The van der Waals surface area contributed by atoms with Gasteiger partial charge in [0.2, 0.25) is 11.0 Å². The molecule has 0 bridgehead atoms. The van der Waals surface area contributed by atoms with Crippen molar-refractivity contribution in [2.24, 2.45) is 0 Å². The molecule has 2 aromatic heterocycles. The van der Waals surface area contributed by atoms with Crippen LogP contribution in [-0.2, 0) is 4.79 Å². The smallest absolute Gasteiger partial charge is 0.281 e. The van der Waals surface area contributed by atoms with Crippen molar-refractivity contribution in [1.29, 1.82) is 0 Å². The van der Waals surface area contributed by atoms with Gasteiger partial charge >= 0.3 is 0 Å². The number of aromatic nitrogens is 4. The van der Waals surface area contributed by atoms with Gasteiger partial charge in [0.15, 0.2) is 15.8 Å². The second-order valence-electron chi connectivity index (χ2n) is 7.67. The first-order valence-electron chi connectivity index (χ1n) is 11.1. The third-order valence-corrected chi connectivity index (χ3v) is 7.06. The average molecular weight is 505 g/mol. The van der Waals surface area contributed by atoms with Crippen molar-refractivity contribution in [3.63, 3.8) is 0 Å². The number of halogens is 1. The molecule has 2 amide bonds. The minimum absolute atomic E-state index is 0.0856. The van der Waals surface area contributed by atoms with Crippen LogP contribution in [-0.4, -0.2) is 62.1 Å². The van der Waals surface area contributed by atoms with E-state index < -0.39 is 5.91 Å². The average Bonchev–Trinajstić information content (AvgIpc) is 3.49. The first-order valence-corrected chi connectivity index (χ1v) is 12.9. The van der Waals surface area contributed by atoms with Gasteiger partial charge in [-0.2, -0.15) is 5.10 Å². The van der Waals surface area contributed by atoms with Gasteiger partial charge in [-0.15, -0.1) is 10.2 Å². The Labute approximate surface area is 204 Å². The van der Waals surface area contributed by atoms with Crippen molar-refractivity contribution in [2.75, 3.05) is 30.8 Å². The molecule has 0 unspecified atom stereocenters. The van der Waals surface area contributed by atoms with Crippen molar-refractivity contribution < 1.29 is 18.7 Å². The molecular weight excluding hydrogens is 479 g/mol. The van der Waals surface area contributed by atoms with Crippen LogP contribution in [0.25, 0.3) is 5.69 Å². The normalized spacial score (nSPS) is 13.6. The Hall–Kier alpha value is -2.99. The van der Waals surface area contributed by atoms with Crippen molar-refractivity contribution >= 4 is 40.0 Å².